The Kier molecular flexibility index (Phi) is 4.10. The highest BCUT2D eigenvalue weighted by Crippen LogP contribution is 2.30. The quantitative estimate of drug-likeness (QED) is 0.928. The molecule has 5 heteroatoms. The predicted octanol–water partition coefficient (Wildman–Crippen LogP) is 2.91. The molecule has 0 bridgehead atoms. The zero-order valence-electron chi connectivity index (χ0n) is 11.2. The van der Waals surface area contributed by atoms with E-state index in [4.69, 9.17) is 9.47 Å². The van der Waals surface area contributed by atoms with Crippen LogP contribution in [0.15, 0.2) is 53.0 Å². The van der Waals surface area contributed by atoms with Crippen LogP contribution >= 0.6 is 15.9 Å². The summed E-state index contributed by atoms with van der Waals surface area (Å²) < 4.78 is 12.2. The minimum Gasteiger partial charge on any atom is -0.485 e. The molecule has 0 saturated carbocycles. The average molecular weight is 348 g/mol. The van der Waals surface area contributed by atoms with Gasteiger partial charge in [-0.2, -0.15) is 0 Å². The van der Waals surface area contributed by atoms with E-state index in [1.165, 1.54) is 0 Å². The lowest BCUT2D eigenvalue weighted by Gasteiger charge is -2.25. The van der Waals surface area contributed by atoms with E-state index in [0.717, 1.165) is 10.0 Å². The van der Waals surface area contributed by atoms with Gasteiger partial charge in [-0.1, -0.05) is 40.2 Å². The Morgan fingerprint density at radius 1 is 1.19 bits per heavy atom. The molecule has 1 N–H and O–H groups in total. The third-order valence-electron chi connectivity index (χ3n) is 3.16. The number of hydrogen-bond donors (Lipinski definition) is 1. The van der Waals surface area contributed by atoms with Crippen molar-refractivity contribution in [3.05, 3.63) is 58.6 Å². The van der Waals surface area contributed by atoms with Gasteiger partial charge in [0.25, 0.3) is 5.91 Å². The standard InChI is InChI=1S/C16H14BrNO3/c17-12-5-3-4-11(8-12)9-18-16(19)15-10-20-13-6-1-2-7-14(13)21-15/h1-8,15H,9-10H2,(H,18,19). The number of halogens is 1. The molecule has 0 fully saturated rings. The number of amides is 1. The number of carbonyl (C=O) groups is 1. The molecule has 1 aliphatic rings. The molecular formula is C16H14BrNO3. The summed E-state index contributed by atoms with van der Waals surface area (Å²) in [6.45, 7) is 0.682. The van der Waals surface area contributed by atoms with E-state index >= 15 is 0 Å². The van der Waals surface area contributed by atoms with Gasteiger partial charge >= 0.3 is 0 Å². The molecule has 0 aliphatic carbocycles. The van der Waals surface area contributed by atoms with Crippen LogP contribution in [-0.2, 0) is 11.3 Å². The molecule has 0 aromatic heterocycles. The van der Waals surface area contributed by atoms with E-state index in [0.29, 0.717) is 18.0 Å². The van der Waals surface area contributed by atoms with E-state index in [1.807, 2.05) is 42.5 Å². The first kappa shape index (κ1) is 13.9. The molecule has 0 saturated heterocycles. The van der Waals surface area contributed by atoms with Crippen molar-refractivity contribution in [2.75, 3.05) is 6.61 Å². The van der Waals surface area contributed by atoms with Gasteiger partial charge in [0, 0.05) is 11.0 Å². The second-order valence-electron chi connectivity index (χ2n) is 4.71. The van der Waals surface area contributed by atoms with Gasteiger partial charge in [0.1, 0.15) is 6.61 Å². The Hall–Kier alpha value is -2.01. The summed E-state index contributed by atoms with van der Waals surface area (Å²) in [5, 5.41) is 2.86. The van der Waals surface area contributed by atoms with Crippen molar-refractivity contribution in [2.45, 2.75) is 12.6 Å². The van der Waals surface area contributed by atoms with E-state index in [9.17, 15) is 4.79 Å². The molecule has 2 aromatic rings. The molecule has 1 atom stereocenters. The zero-order chi connectivity index (χ0) is 14.7. The predicted molar refractivity (Wildman–Crippen MR) is 82.3 cm³/mol. The van der Waals surface area contributed by atoms with E-state index in [1.54, 1.807) is 6.07 Å². The molecule has 108 valence electrons. The Morgan fingerprint density at radius 3 is 2.81 bits per heavy atom. The largest absolute Gasteiger partial charge is 0.485 e. The van der Waals surface area contributed by atoms with Crippen molar-refractivity contribution in [1.82, 2.24) is 5.32 Å². The first-order valence-corrected chi connectivity index (χ1v) is 7.42. The topological polar surface area (TPSA) is 47.6 Å². The van der Waals surface area contributed by atoms with Crippen LogP contribution in [0.4, 0.5) is 0 Å². The molecule has 21 heavy (non-hydrogen) atoms. The van der Waals surface area contributed by atoms with Gasteiger partial charge in [0.05, 0.1) is 0 Å². The molecule has 4 nitrogen and oxygen atoms in total. The van der Waals surface area contributed by atoms with Gasteiger partial charge in [-0.05, 0) is 29.8 Å². The van der Waals surface area contributed by atoms with E-state index in [2.05, 4.69) is 21.2 Å². The minimum absolute atomic E-state index is 0.176. The van der Waals surface area contributed by atoms with Gasteiger partial charge in [-0.3, -0.25) is 4.79 Å². The van der Waals surface area contributed by atoms with Gasteiger partial charge in [0.15, 0.2) is 11.5 Å². The second kappa shape index (κ2) is 6.18. The molecule has 1 amide bonds. The SMILES string of the molecule is O=C(NCc1cccc(Br)c1)C1COc2ccccc2O1. The fourth-order valence-corrected chi connectivity index (χ4v) is 2.55. The third-order valence-corrected chi connectivity index (χ3v) is 3.65. The summed E-state index contributed by atoms with van der Waals surface area (Å²) in [7, 11) is 0. The van der Waals surface area contributed by atoms with Crippen LogP contribution in [0.1, 0.15) is 5.56 Å². The maximum absolute atomic E-state index is 12.1. The fourth-order valence-electron chi connectivity index (χ4n) is 2.10. The van der Waals surface area contributed by atoms with Crippen molar-refractivity contribution in [1.29, 1.82) is 0 Å². The van der Waals surface area contributed by atoms with Crippen LogP contribution in [0.5, 0.6) is 11.5 Å². The van der Waals surface area contributed by atoms with Gasteiger partial charge in [-0.25, -0.2) is 0 Å². The highest BCUT2D eigenvalue weighted by molar-refractivity contribution is 9.10. The highest BCUT2D eigenvalue weighted by atomic mass is 79.9. The van der Waals surface area contributed by atoms with Gasteiger partial charge < -0.3 is 14.8 Å². The van der Waals surface area contributed by atoms with Gasteiger partial charge in [-0.15, -0.1) is 0 Å². The number of ether oxygens (including phenoxy) is 2. The average Bonchev–Trinajstić information content (AvgIpc) is 2.52. The lowest BCUT2D eigenvalue weighted by atomic mass is 10.2. The molecule has 3 rings (SSSR count). The number of benzene rings is 2. The minimum atomic E-state index is -0.618. The van der Waals surface area contributed by atoms with Crippen molar-refractivity contribution in [3.8, 4) is 11.5 Å². The lowest BCUT2D eigenvalue weighted by molar-refractivity contribution is -0.130. The van der Waals surface area contributed by atoms with E-state index in [-0.39, 0.29) is 12.5 Å². The molecular weight excluding hydrogens is 334 g/mol. The number of fused-ring (bicyclic) bond motifs is 1. The maximum atomic E-state index is 12.1. The number of hydrogen-bond acceptors (Lipinski definition) is 3. The molecule has 2 aromatic carbocycles. The molecule has 0 spiro atoms. The Bertz CT molecular complexity index is 659. The fraction of sp³-hybridized carbons (Fsp3) is 0.188. The molecule has 1 heterocycles. The van der Waals surface area contributed by atoms with Crippen molar-refractivity contribution in [2.24, 2.45) is 0 Å². The smallest absolute Gasteiger partial charge is 0.264 e. The Morgan fingerprint density at radius 2 is 2.00 bits per heavy atom. The second-order valence-corrected chi connectivity index (χ2v) is 5.63. The maximum Gasteiger partial charge on any atom is 0.264 e. The molecule has 0 radical (unpaired) electrons. The Balaban J connectivity index is 1.59. The van der Waals surface area contributed by atoms with Crippen LogP contribution in [0.25, 0.3) is 0 Å². The summed E-state index contributed by atoms with van der Waals surface area (Å²) in [5.41, 5.74) is 1.02. The van der Waals surface area contributed by atoms with Crippen LogP contribution in [0.2, 0.25) is 0 Å². The normalized spacial score (nSPS) is 16.3. The summed E-state index contributed by atoms with van der Waals surface area (Å²) in [4.78, 5) is 12.1. The van der Waals surface area contributed by atoms with E-state index < -0.39 is 6.10 Å². The summed E-state index contributed by atoms with van der Waals surface area (Å²) in [6.07, 6.45) is -0.618. The Labute approximate surface area is 131 Å². The van der Waals surface area contributed by atoms with Crippen molar-refractivity contribution >= 4 is 21.8 Å². The number of nitrogens with one attached hydrogen (secondary N) is 1. The van der Waals surface area contributed by atoms with Crippen molar-refractivity contribution in [3.63, 3.8) is 0 Å². The summed E-state index contributed by atoms with van der Waals surface area (Å²) >= 11 is 3.41. The van der Waals surface area contributed by atoms with Crippen LogP contribution < -0.4 is 14.8 Å². The number of rotatable bonds is 3. The molecule has 1 aliphatic heterocycles. The van der Waals surface area contributed by atoms with Crippen LogP contribution in [0, 0.1) is 0 Å². The lowest BCUT2D eigenvalue weighted by Crippen LogP contribution is -2.43. The first-order valence-electron chi connectivity index (χ1n) is 6.63. The molecule has 1 unspecified atom stereocenters. The van der Waals surface area contributed by atoms with Crippen LogP contribution in [-0.4, -0.2) is 18.6 Å². The summed E-state index contributed by atoms with van der Waals surface area (Å²) in [6, 6.07) is 15.1. The monoisotopic (exact) mass is 347 g/mol. The van der Waals surface area contributed by atoms with Crippen molar-refractivity contribution < 1.29 is 14.3 Å². The summed E-state index contributed by atoms with van der Waals surface area (Å²) in [5.74, 6) is 1.10. The van der Waals surface area contributed by atoms with Gasteiger partial charge in [0.2, 0.25) is 6.10 Å². The zero-order valence-corrected chi connectivity index (χ0v) is 12.8. The number of para-hydroxylation sites is 2. The highest BCUT2D eigenvalue weighted by Gasteiger charge is 2.26. The number of carbonyl (C=O) groups excluding carboxylic acids is 1. The third kappa shape index (κ3) is 3.36. The van der Waals surface area contributed by atoms with Crippen LogP contribution in [0.3, 0.4) is 0 Å². The first-order chi connectivity index (χ1) is 10.2.